The van der Waals surface area contributed by atoms with Crippen LogP contribution >= 0.6 is 22.9 Å². The van der Waals surface area contributed by atoms with Crippen LogP contribution in [-0.2, 0) is 6.54 Å². The second-order valence-electron chi connectivity index (χ2n) is 3.89. The molecule has 17 heavy (non-hydrogen) atoms. The summed E-state index contributed by atoms with van der Waals surface area (Å²) in [5.41, 5.74) is 2.47. The second-order valence-corrected chi connectivity index (χ2v) is 5.51. The molecule has 0 aliphatic carbocycles. The third-order valence-electron chi connectivity index (χ3n) is 2.75. The highest BCUT2D eigenvalue weighted by Gasteiger charge is 2.18. The molecule has 0 unspecified atom stereocenters. The molecule has 1 aromatic heterocycles. The van der Waals surface area contributed by atoms with Crippen LogP contribution in [-0.4, -0.2) is 0 Å². The van der Waals surface area contributed by atoms with Crippen molar-refractivity contribution in [3.05, 3.63) is 64.6 Å². The molecule has 3 heteroatoms. The van der Waals surface area contributed by atoms with Crippen LogP contribution in [0, 0.1) is 0 Å². The summed E-state index contributed by atoms with van der Waals surface area (Å²) in [6, 6.07) is 18.7. The minimum atomic E-state index is 0.823. The van der Waals surface area contributed by atoms with Gasteiger partial charge in [0.2, 0.25) is 5.52 Å². The number of rotatable bonds is 2. The number of hydrogen-bond donors (Lipinski definition) is 0. The van der Waals surface area contributed by atoms with Crippen molar-refractivity contribution in [2.24, 2.45) is 0 Å². The minimum absolute atomic E-state index is 0.823. The number of aromatic nitrogens is 1. The fourth-order valence-electron chi connectivity index (χ4n) is 1.92. The lowest BCUT2D eigenvalue weighted by molar-refractivity contribution is -0.655. The van der Waals surface area contributed by atoms with Gasteiger partial charge in [0.25, 0.3) is 0 Å². The standard InChI is InChI=1S/C14H11ClNS/c15-14-16(10-11-6-2-1-3-7-11)12-8-4-5-9-13(12)17-14/h1-9H,10H2/q+1. The fourth-order valence-corrected chi connectivity index (χ4v) is 3.20. The molecule has 0 fully saturated rings. The van der Waals surface area contributed by atoms with E-state index in [1.165, 1.54) is 15.8 Å². The molecule has 0 bridgehead atoms. The molecule has 0 spiro atoms. The van der Waals surface area contributed by atoms with Crippen molar-refractivity contribution in [1.82, 2.24) is 0 Å². The Morgan fingerprint density at radius 1 is 0.941 bits per heavy atom. The van der Waals surface area contributed by atoms with Gasteiger partial charge in [0.05, 0.1) is 0 Å². The number of fused-ring (bicyclic) bond motifs is 1. The summed E-state index contributed by atoms with van der Waals surface area (Å²) in [7, 11) is 0. The zero-order valence-electron chi connectivity index (χ0n) is 9.14. The molecule has 0 N–H and O–H groups in total. The van der Waals surface area contributed by atoms with Crippen molar-refractivity contribution < 1.29 is 4.57 Å². The van der Waals surface area contributed by atoms with Gasteiger partial charge in [-0.25, -0.2) is 0 Å². The van der Waals surface area contributed by atoms with Crippen molar-refractivity contribution in [2.45, 2.75) is 6.54 Å². The Labute approximate surface area is 109 Å². The summed E-state index contributed by atoms with van der Waals surface area (Å²) < 4.78 is 4.21. The number of benzene rings is 2. The quantitative estimate of drug-likeness (QED) is 0.616. The Morgan fingerprint density at radius 2 is 1.65 bits per heavy atom. The van der Waals surface area contributed by atoms with Crippen LogP contribution in [0.15, 0.2) is 54.6 Å². The summed E-state index contributed by atoms with van der Waals surface area (Å²) in [5, 5.41) is 0. The van der Waals surface area contributed by atoms with E-state index < -0.39 is 0 Å². The summed E-state index contributed by atoms with van der Waals surface area (Å²) in [5.74, 6) is 0. The summed E-state index contributed by atoms with van der Waals surface area (Å²) in [6.45, 7) is 0.823. The first-order valence-electron chi connectivity index (χ1n) is 5.45. The third-order valence-corrected chi connectivity index (χ3v) is 4.14. The molecule has 0 aliphatic rings. The highest BCUT2D eigenvalue weighted by molar-refractivity contribution is 7.21. The van der Waals surface area contributed by atoms with E-state index in [9.17, 15) is 0 Å². The van der Waals surface area contributed by atoms with E-state index in [1.807, 2.05) is 18.2 Å². The van der Waals surface area contributed by atoms with Crippen LogP contribution in [0.2, 0.25) is 4.47 Å². The number of halogens is 1. The van der Waals surface area contributed by atoms with E-state index >= 15 is 0 Å². The van der Waals surface area contributed by atoms with E-state index in [1.54, 1.807) is 11.3 Å². The van der Waals surface area contributed by atoms with Crippen LogP contribution < -0.4 is 4.57 Å². The Morgan fingerprint density at radius 3 is 2.47 bits per heavy atom. The van der Waals surface area contributed by atoms with E-state index in [0.717, 1.165) is 11.0 Å². The van der Waals surface area contributed by atoms with Crippen LogP contribution in [0.4, 0.5) is 0 Å². The first kappa shape index (κ1) is 10.8. The normalized spacial score (nSPS) is 10.9. The predicted molar refractivity (Wildman–Crippen MR) is 72.6 cm³/mol. The SMILES string of the molecule is Clc1sc2ccccc2[n+]1Cc1ccccc1. The van der Waals surface area contributed by atoms with Gasteiger partial charge in [-0.05, 0) is 17.4 Å². The molecule has 0 saturated carbocycles. The number of nitrogens with zero attached hydrogens (tertiary/aromatic N) is 1. The lowest BCUT2D eigenvalue weighted by Crippen LogP contribution is -2.33. The second kappa shape index (κ2) is 4.47. The molecule has 84 valence electrons. The van der Waals surface area contributed by atoms with Crippen LogP contribution in [0.25, 0.3) is 10.2 Å². The first-order chi connectivity index (χ1) is 8.34. The van der Waals surface area contributed by atoms with Gasteiger partial charge in [-0.15, -0.1) is 0 Å². The number of thiazole rings is 1. The Balaban J connectivity index is 2.08. The van der Waals surface area contributed by atoms with Gasteiger partial charge in [-0.1, -0.05) is 42.5 Å². The lowest BCUT2D eigenvalue weighted by Gasteiger charge is -1.96. The number of hydrogen-bond acceptors (Lipinski definition) is 1. The molecule has 2 aromatic carbocycles. The van der Waals surface area contributed by atoms with Gasteiger partial charge in [0.1, 0.15) is 4.70 Å². The Bertz CT molecular complexity index is 646. The van der Waals surface area contributed by atoms with Crippen molar-refractivity contribution in [1.29, 1.82) is 0 Å². The Kier molecular flexibility index (Phi) is 2.83. The molecular formula is C14H11ClNS+. The molecule has 0 saturated heterocycles. The first-order valence-corrected chi connectivity index (χ1v) is 6.65. The van der Waals surface area contributed by atoms with E-state index in [4.69, 9.17) is 11.6 Å². The fraction of sp³-hybridized carbons (Fsp3) is 0.0714. The number of para-hydroxylation sites is 1. The van der Waals surface area contributed by atoms with E-state index in [-0.39, 0.29) is 0 Å². The summed E-state index contributed by atoms with van der Waals surface area (Å²) in [4.78, 5) is 0. The zero-order valence-corrected chi connectivity index (χ0v) is 10.7. The third kappa shape index (κ3) is 2.06. The molecule has 3 rings (SSSR count). The van der Waals surface area contributed by atoms with Crippen LogP contribution in [0.3, 0.4) is 0 Å². The topological polar surface area (TPSA) is 3.88 Å². The van der Waals surface area contributed by atoms with Crippen molar-refractivity contribution in [3.63, 3.8) is 0 Å². The van der Waals surface area contributed by atoms with Crippen molar-refractivity contribution in [3.8, 4) is 0 Å². The average molecular weight is 261 g/mol. The lowest BCUT2D eigenvalue weighted by atomic mass is 10.2. The highest BCUT2D eigenvalue weighted by atomic mass is 35.5. The molecule has 1 nitrogen and oxygen atoms in total. The molecule has 0 radical (unpaired) electrons. The van der Waals surface area contributed by atoms with E-state index in [2.05, 4.69) is 41.0 Å². The molecule has 3 aromatic rings. The van der Waals surface area contributed by atoms with Crippen LogP contribution in [0.5, 0.6) is 0 Å². The highest BCUT2D eigenvalue weighted by Crippen LogP contribution is 2.23. The zero-order chi connectivity index (χ0) is 11.7. The maximum Gasteiger partial charge on any atom is 0.334 e. The Hall–Kier alpha value is -1.38. The smallest absolute Gasteiger partial charge is 0.167 e. The molecule has 0 aliphatic heterocycles. The summed E-state index contributed by atoms with van der Waals surface area (Å²) >= 11 is 7.93. The van der Waals surface area contributed by atoms with Crippen molar-refractivity contribution in [2.75, 3.05) is 0 Å². The van der Waals surface area contributed by atoms with Gasteiger partial charge < -0.3 is 0 Å². The largest absolute Gasteiger partial charge is 0.334 e. The summed E-state index contributed by atoms with van der Waals surface area (Å²) in [6.07, 6.45) is 0. The van der Waals surface area contributed by atoms with Gasteiger partial charge in [0.15, 0.2) is 6.54 Å². The molecule has 1 heterocycles. The van der Waals surface area contributed by atoms with Gasteiger partial charge in [-0.3, -0.25) is 0 Å². The van der Waals surface area contributed by atoms with Crippen molar-refractivity contribution >= 4 is 33.2 Å². The molecule has 0 amide bonds. The van der Waals surface area contributed by atoms with Gasteiger partial charge in [0, 0.05) is 23.2 Å². The maximum absolute atomic E-state index is 6.30. The van der Waals surface area contributed by atoms with Gasteiger partial charge in [-0.2, -0.15) is 4.57 Å². The monoisotopic (exact) mass is 260 g/mol. The van der Waals surface area contributed by atoms with Gasteiger partial charge >= 0.3 is 4.47 Å². The molecular weight excluding hydrogens is 250 g/mol. The van der Waals surface area contributed by atoms with E-state index in [0.29, 0.717) is 0 Å². The van der Waals surface area contributed by atoms with Crippen LogP contribution in [0.1, 0.15) is 5.56 Å². The molecule has 0 atom stereocenters. The predicted octanol–water partition coefficient (Wildman–Crippen LogP) is 3.89. The average Bonchev–Trinajstić information content (AvgIpc) is 2.68. The maximum atomic E-state index is 6.30. The minimum Gasteiger partial charge on any atom is -0.167 e.